The molecule has 2 aliphatic heterocycles. The molecule has 1 saturated heterocycles. The van der Waals surface area contributed by atoms with E-state index in [1.54, 1.807) is 0 Å². The van der Waals surface area contributed by atoms with Gasteiger partial charge in [0, 0.05) is 35.9 Å². The summed E-state index contributed by atoms with van der Waals surface area (Å²) in [6.45, 7) is 11.0. The number of fused-ring (bicyclic) bond motifs is 1. The Labute approximate surface area is 148 Å². The molecule has 4 nitrogen and oxygen atoms in total. The number of hydrogen-bond donors (Lipinski definition) is 0. The van der Waals surface area contributed by atoms with Crippen LogP contribution in [-0.4, -0.2) is 31.4 Å². The van der Waals surface area contributed by atoms with Gasteiger partial charge in [-0.15, -0.1) is 0 Å². The molecule has 1 fully saturated rings. The van der Waals surface area contributed by atoms with Crippen LogP contribution in [-0.2, 0) is 6.54 Å². The maximum atomic E-state index is 5.07. The number of thioether (sulfide) groups is 1. The van der Waals surface area contributed by atoms with Crippen LogP contribution in [0.25, 0.3) is 0 Å². The first kappa shape index (κ1) is 15.8. The number of rotatable bonds is 3. The van der Waals surface area contributed by atoms with Crippen molar-refractivity contribution in [1.29, 1.82) is 0 Å². The fourth-order valence-electron chi connectivity index (χ4n) is 4.07. The number of aliphatic imine (C=N–C) groups is 1. The average molecular weight is 340 g/mol. The first-order chi connectivity index (χ1) is 11.6. The van der Waals surface area contributed by atoms with Crippen LogP contribution < -0.4 is 0 Å². The monoisotopic (exact) mass is 340 g/mol. The van der Waals surface area contributed by atoms with Crippen LogP contribution >= 0.6 is 11.8 Å². The van der Waals surface area contributed by atoms with Crippen molar-refractivity contribution in [2.24, 2.45) is 4.99 Å². The van der Waals surface area contributed by atoms with Crippen molar-refractivity contribution >= 4 is 16.9 Å². The van der Waals surface area contributed by atoms with E-state index in [-0.39, 0.29) is 12.1 Å². The van der Waals surface area contributed by atoms with Gasteiger partial charge in [-0.1, -0.05) is 24.8 Å². The fraction of sp³-hybridized carbons (Fsp3) is 0.474. The van der Waals surface area contributed by atoms with Crippen LogP contribution in [0.4, 0.5) is 0 Å². The van der Waals surface area contributed by atoms with Crippen LogP contribution in [0.15, 0.2) is 35.5 Å². The van der Waals surface area contributed by atoms with Crippen LogP contribution in [0.1, 0.15) is 48.6 Å². The van der Waals surface area contributed by atoms with Gasteiger partial charge in [0.1, 0.15) is 6.04 Å². The Morgan fingerprint density at radius 1 is 1.29 bits per heavy atom. The molecule has 0 saturated carbocycles. The maximum absolute atomic E-state index is 5.07. The zero-order valence-electron chi connectivity index (χ0n) is 14.7. The lowest BCUT2D eigenvalue weighted by Crippen LogP contribution is -2.28. The van der Waals surface area contributed by atoms with E-state index in [2.05, 4.69) is 60.3 Å². The molecule has 4 heterocycles. The number of aromatic nitrogens is 2. The van der Waals surface area contributed by atoms with E-state index in [0.29, 0.717) is 5.25 Å². The zero-order valence-corrected chi connectivity index (χ0v) is 15.5. The molecule has 2 aliphatic rings. The second kappa shape index (κ2) is 5.96. The molecule has 3 unspecified atom stereocenters. The first-order valence-electron chi connectivity index (χ1n) is 8.68. The molecule has 24 heavy (non-hydrogen) atoms. The highest BCUT2D eigenvalue weighted by atomic mass is 32.2. The molecule has 0 aliphatic carbocycles. The molecular weight excluding hydrogens is 316 g/mol. The standard InChI is InChI=1S/C19H24N4S/c1-5-22-12(2)10-15(14(22)4)18-17(16-8-6-7-9-20-16)21-19-23(18)11-13(3)24-19/h6-10,13,17-18H,5,11H2,1-4H3. The van der Waals surface area contributed by atoms with Crippen molar-refractivity contribution < 1.29 is 0 Å². The number of aryl methyl sites for hydroxylation is 1. The molecule has 3 atom stereocenters. The first-order valence-corrected chi connectivity index (χ1v) is 9.56. The smallest absolute Gasteiger partial charge is 0.160 e. The minimum atomic E-state index is 0.0898. The molecule has 126 valence electrons. The van der Waals surface area contributed by atoms with Crippen LogP contribution in [0.2, 0.25) is 0 Å². The van der Waals surface area contributed by atoms with Gasteiger partial charge in [-0.25, -0.2) is 0 Å². The molecule has 0 radical (unpaired) electrons. The molecule has 0 amide bonds. The van der Waals surface area contributed by atoms with Crippen molar-refractivity contribution in [2.45, 2.75) is 51.6 Å². The Morgan fingerprint density at radius 2 is 2.12 bits per heavy atom. The van der Waals surface area contributed by atoms with E-state index in [9.17, 15) is 0 Å². The Balaban J connectivity index is 1.81. The van der Waals surface area contributed by atoms with Gasteiger partial charge in [-0.2, -0.15) is 0 Å². The van der Waals surface area contributed by atoms with Crippen molar-refractivity contribution in [1.82, 2.24) is 14.5 Å². The van der Waals surface area contributed by atoms with E-state index in [1.165, 1.54) is 22.1 Å². The maximum Gasteiger partial charge on any atom is 0.160 e. The third-order valence-corrected chi connectivity index (χ3v) is 6.23. The highest BCUT2D eigenvalue weighted by Gasteiger charge is 2.44. The summed E-state index contributed by atoms with van der Waals surface area (Å²) in [6, 6.07) is 8.85. The predicted molar refractivity (Wildman–Crippen MR) is 100 cm³/mol. The van der Waals surface area contributed by atoms with Gasteiger partial charge in [0.05, 0.1) is 11.7 Å². The number of hydrogen-bond acceptors (Lipinski definition) is 4. The molecule has 0 N–H and O–H groups in total. The normalized spacial score (nSPS) is 25.9. The van der Waals surface area contributed by atoms with Gasteiger partial charge in [0.15, 0.2) is 5.17 Å². The second-order valence-electron chi connectivity index (χ2n) is 6.71. The molecule has 5 heteroatoms. The highest BCUT2D eigenvalue weighted by molar-refractivity contribution is 8.14. The SMILES string of the molecule is CCn1c(C)cc(C2C(c3ccccn3)N=C3SC(C)CN32)c1C. The Bertz CT molecular complexity index is 780. The quantitative estimate of drug-likeness (QED) is 0.843. The van der Waals surface area contributed by atoms with Gasteiger partial charge >= 0.3 is 0 Å². The molecule has 2 aromatic heterocycles. The Kier molecular flexibility index (Phi) is 3.91. The van der Waals surface area contributed by atoms with E-state index in [4.69, 9.17) is 4.99 Å². The Morgan fingerprint density at radius 3 is 2.79 bits per heavy atom. The predicted octanol–water partition coefficient (Wildman–Crippen LogP) is 4.11. The summed E-state index contributed by atoms with van der Waals surface area (Å²) in [4.78, 5) is 12.2. The summed E-state index contributed by atoms with van der Waals surface area (Å²) in [6.07, 6.45) is 1.88. The topological polar surface area (TPSA) is 33.4 Å². The van der Waals surface area contributed by atoms with Crippen molar-refractivity contribution in [3.8, 4) is 0 Å². The van der Waals surface area contributed by atoms with Crippen LogP contribution in [0.3, 0.4) is 0 Å². The second-order valence-corrected chi connectivity index (χ2v) is 8.11. The van der Waals surface area contributed by atoms with Crippen LogP contribution in [0, 0.1) is 13.8 Å². The third-order valence-electron chi connectivity index (χ3n) is 5.13. The van der Waals surface area contributed by atoms with Gasteiger partial charge in [0.25, 0.3) is 0 Å². The van der Waals surface area contributed by atoms with E-state index >= 15 is 0 Å². The number of nitrogens with zero attached hydrogens (tertiary/aromatic N) is 4. The van der Waals surface area contributed by atoms with Gasteiger partial charge in [-0.3, -0.25) is 9.98 Å². The van der Waals surface area contributed by atoms with Crippen molar-refractivity contribution in [3.05, 3.63) is 53.1 Å². The summed E-state index contributed by atoms with van der Waals surface area (Å²) in [5, 5.41) is 1.79. The lowest BCUT2D eigenvalue weighted by molar-refractivity contribution is 0.320. The summed E-state index contributed by atoms with van der Waals surface area (Å²) >= 11 is 1.90. The van der Waals surface area contributed by atoms with Crippen LogP contribution in [0.5, 0.6) is 0 Å². The minimum Gasteiger partial charge on any atom is -0.349 e. The van der Waals surface area contributed by atoms with E-state index < -0.39 is 0 Å². The summed E-state index contributed by atoms with van der Waals surface area (Å²) in [7, 11) is 0. The average Bonchev–Trinajstić information content (AvgIpc) is 3.18. The summed E-state index contributed by atoms with van der Waals surface area (Å²) < 4.78 is 2.40. The van der Waals surface area contributed by atoms with E-state index in [1.807, 2.05) is 24.0 Å². The highest BCUT2D eigenvalue weighted by Crippen LogP contribution is 2.48. The molecular formula is C19H24N4S. The molecule has 0 spiro atoms. The van der Waals surface area contributed by atoms with Gasteiger partial charge in [-0.05, 0) is 44.5 Å². The Hall–Kier alpha value is -1.75. The van der Waals surface area contributed by atoms with Gasteiger partial charge in [0.2, 0.25) is 0 Å². The summed E-state index contributed by atoms with van der Waals surface area (Å²) in [5.74, 6) is 0. The lowest BCUT2D eigenvalue weighted by Gasteiger charge is -2.27. The molecule has 2 aromatic rings. The zero-order chi connectivity index (χ0) is 16.8. The number of amidine groups is 1. The largest absolute Gasteiger partial charge is 0.349 e. The molecule has 0 aromatic carbocycles. The van der Waals surface area contributed by atoms with E-state index in [0.717, 1.165) is 18.8 Å². The lowest BCUT2D eigenvalue weighted by atomic mass is 9.96. The third kappa shape index (κ3) is 2.37. The number of pyridine rings is 1. The fourth-order valence-corrected chi connectivity index (χ4v) is 5.16. The van der Waals surface area contributed by atoms with Crippen molar-refractivity contribution in [2.75, 3.05) is 6.54 Å². The van der Waals surface area contributed by atoms with Gasteiger partial charge < -0.3 is 9.47 Å². The molecule has 4 rings (SSSR count). The molecule has 0 bridgehead atoms. The summed E-state index contributed by atoms with van der Waals surface area (Å²) in [5.41, 5.74) is 5.16. The minimum absolute atomic E-state index is 0.0898. The van der Waals surface area contributed by atoms with Crippen molar-refractivity contribution in [3.63, 3.8) is 0 Å².